The third kappa shape index (κ3) is 5.62. The molecule has 1 aliphatic heterocycles. The van der Waals surface area contributed by atoms with Crippen LogP contribution in [0.3, 0.4) is 0 Å². The zero-order valence-electron chi connectivity index (χ0n) is 17.1. The Morgan fingerprint density at radius 3 is 2.47 bits per heavy atom. The Morgan fingerprint density at radius 1 is 1.27 bits per heavy atom. The van der Waals surface area contributed by atoms with E-state index in [1.54, 1.807) is 18.5 Å². The summed E-state index contributed by atoms with van der Waals surface area (Å²) in [4.78, 5) is 7.06. The molecule has 1 aliphatic rings. The Bertz CT molecular complexity index is 1040. The minimum absolute atomic E-state index is 0.127. The van der Waals surface area contributed by atoms with Gasteiger partial charge in [-0.2, -0.15) is 4.72 Å². The Kier molecular flexibility index (Phi) is 6.94. The number of thioether (sulfide) groups is 1. The molecular weight excluding hydrogens is 463 g/mol. The molecule has 2 aromatic rings. The van der Waals surface area contributed by atoms with Crippen LogP contribution in [0.4, 0.5) is 0 Å². The van der Waals surface area contributed by atoms with Gasteiger partial charge in [-0.15, -0.1) is 0 Å². The van der Waals surface area contributed by atoms with Crippen molar-refractivity contribution in [1.29, 1.82) is 0 Å². The highest BCUT2D eigenvalue weighted by atomic mass is 35.5. The zero-order chi connectivity index (χ0) is 22.1. The van der Waals surface area contributed by atoms with Crippen LogP contribution in [0, 0.1) is 5.92 Å². The molecule has 0 bridgehead atoms. The summed E-state index contributed by atoms with van der Waals surface area (Å²) in [6, 6.07) is 9.17. The lowest BCUT2D eigenvalue weighted by Gasteiger charge is -2.38. The van der Waals surface area contributed by atoms with Crippen LogP contribution in [0.1, 0.15) is 26.3 Å². The lowest BCUT2D eigenvalue weighted by Crippen LogP contribution is -2.62. The molecule has 30 heavy (non-hydrogen) atoms. The molecule has 10 heteroatoms. The van der Waals surface area contributed by atoms with Gasteiger partial charge in [0.15, 0.2) is 5.79 Å². The van der Waals surface area contributed by atoms with E-state index < -0.39 is 15.8 Å². The quantitative estimate of drug-likeness (QED) is 0.593. The van der Waals surface area contributed by atoms with E-state index in [0.717, 1.165) is 27.4 Å². The fraction of sp³-hybridized carbons (Fsp3) is 0.350. The average molecular weight is 487 g/mol. The lowest BCUT2D eigenvalue weighted by atomic mass is 10.1. The van der Waals surface area contributed by atoms with Crippen LogP contribution >= 0.6 is 35.0 Å². The number of pyridine rings is 1. The van der Waals surface area contributed by atoms with Crippen LogP contribution in [0.15, 0.2) is 58.3 Å². The first kappa shape index (κ1) is 23.2. The predicted octanol–water partition coefficient (Wildman–Crippen LogP) is 4.63. The number of benzene rings is 1. The molecule has 0 spiro atoms. The Labute approximate surface area is 192 Å². The number of sulfonamides is 1. The molecule has 0 saturated heterocycles. The third-order valence-electron chi connectivity index (χ3n) is 4.47. The molecule has 2 N–H and O–H groups in total. The number of hydrogen-bond donors (Lipinski definition) is 2. The van der Waals surface area contributed by atoms with Gasteiger partial charge in [-0.05, 0) is 42.7 Å². The lowest BCUT2D eigenvalue weighted by molar-refractivity contribution is 0.136. The maximum atomic E-state index is 12.2. The van der Waals surface area contributed by atoms with Crippen molar-refractivity contribution in [3.63, 3.8) is 0 Å². The molecule has 1 aromatic carbocycles. The maximum absolute atomic E-state index is 12.2. The zero-order valence-corrected chi connectivity index (χ0v) is 20.3. The normalized spacial score (nSPS) is 19.5. The number of nitrogens with zero attached hydrogens (tertiary/aromatic N) is 2. The van der Waals surface area contributed by atoms with E-state index in [9.17, 15) is 8.42 Å². The van der Waals surface area contributed by atoms with Gasteiger partial charge in [0.2, 0.25) is 10.0 Å². The van der Waals surface area contributed by atoms with E-state index in [-0.39, 0.29) is 5.92 Å². The van der Waals surface area contributed by atoms with E-state index in [4.69, 9.17) is 23.2 Å². The van der Waals surface area contributed by atoms with Crippen LogP contribution in [0.2, 0.25) is 10.0 Å². The molecule has 0 saturated carbocycles. The van der Waals surface area contributed by atoms with Gasteiger partial charge >= 0.3 is 0 Å². The van der Waals surface area contributed by atoms with Gasteiger partial charge in [-0.25, -0.2) is 8.42 Å². The molecule has 0 radical (unpaired) electrons. The molecule has 6 nitrogen and oxygen atoms in total. The summed E-state index contributed by atoms with van der Waals surface area (Å²) in [5.41, 5.74) is 1.88. The van der Waals surface area contributed by atoms with Crippen molar-refractivity contribution < 1.29 is 8.42 Å². The van der Waals surface area contributed by atoms with Gasteiger partial charge in [0.25, 0.3) is 0 Å². The van der Waals surface area contributed by atoms with Gasteiger partial charge < -0.3 is 10.2 Å². The van der Waals surface area contributed by atoms with Crippen molar-refractivity contribution in [1.82, 2.24) is 19.9 Å². The minimum atomic E-state index is -3.50. The number of nitrogens with one attached hydrogen (secondary N) is 2. The Hall–Kier alpha value is -1.45. The van der Waals surface area contributed by atoms with Crippen molar-refractivity contribution in [3.8, 4) is 0 Å². The van der Waals surface area contributed by atoms with Crippen LogP contribution in [-0.4, -0.2) is 30.3 Å². The first-order valence-corrected chi connectivity index (χ1v) is 12.7. The van der Waals surface area contributed by atoms with Crippen LogP contribution in [0.5, 0.6) is 0 Å². The SMILES string of the molecule is CC(C)C1=C(Sc2cc(Cl)cc(Cl)c2)N(Cc2cccnc2)C(C)(NS(C)(=O)=O)N1. The second-order valence-electron chi connectivity index (χ2n) is 7.60. The van der Waals surface area contributed by atoms with Crippen molar-refractivity contribution in [2.75, 3.05) is 6.26 Å². The minimum Gasteiger partial charge on any atom is -0.351 e. The second kappa shape index (κ2) is 8.96. The molecule has 2 heterocycles. The molecule has 0 amide bonds. The van der Waals surface area contributed by atoms with Gasteiger partial charge in [0, 0.05) is 39.6 Å². The maximum Gasteiger partial charge on any atom is 0.212 e. The van der Waals surface area contributed by atoms with E-state index in [0.29, 0.717) is 16.6 Å². The summed E-state index contributed by atoms with van der Waals surface area (Å²) in [6.45, 7) is 6.38. The van der Waals surface area contributed by atoms with Gasteiger partial charge in [0.1, 0.15) is 0 Å². The number of aromatic nitrogens is 1. The first-order chi connectivity index (χ1) is 14.0. The van der Waals surface area contributed by atoms with E-state index in [2.05, 4.69) is 28.9 Å². The summed E-state index contributed by atoms with van der Waals surface area (Å²) in [5, 5.41) is 5.38. The number of allylic oxidation sites excluding steroid dienone is 1. The van der Waals surface area contributed by atoms with E-state index in [1.165, 1.54) is 11.8 Å². The summed E-state index contributed by atoms with van der Waals surface area (Å²) < 4.78 is 27.1. The highest BCUT2D eigenvalue weighted by molar-refractivity contribution is 8.03. The summed E-state index contributed by atoms with van der Waals surface area (Å²) >= 11 is 13.9. The highest BCUT2D eigenvalue weighted by Crippen LogP contribution is 2.43. The predicted molar refractivity (Wildman–Crippen MR) is 123 cm³/mol. The van der Waals surface area contributed by atoms with Crippen molar-refractivity contribution in [2.45, 2.75) is 38.0 Å². The van der Waals surface area contributed by atoms with Crippen molar-refractivity contribution in [3.05, 3.63) is 69.1 Å². The topological polar surface area (TPSA) is 74.3 Å². The second-order valence-corrected chi connectivity index (χ2v) is 11.3. The van der Waals surface area contributed by atoms with Gasteiger partial charge in [0.05, 0.1) is 11.3 Å². The Morgan fingerprint density at radius 2 is 1.93 bits per heavy atom. The van der Waals surface area contributed by atoms with Crippen LogP contribution in [0.25, 0.3) is 0 Å². The standard InChI is InChI=1S/C20H24Cl2N4O2S2/c1-13(2)18-19(29-17-9-15(21)8-16(22)10-17)26(12-14-6-5-7-23-11-14)20(3,24-18)25-30(4,27)28/h5-11,13,24-25H,12H2,1-4H3. The fourth-order valence-corrected chi connectivity index (χ4v) is 6.17. The van der Waals surface area contributed by atoms with Gasteiger partial charge in [-0.3, -0.25) is 4.98 Å². The third-order valence-corrected chi connectivity index (χ3v) is 6.78. The summed E-state index contributed by atoms with van der Waals surface area (Å²) in [6.07, 6.45) is 4.63. The molecule has 1 atom stereocenters. The monoisotopic (exact) mass is 486 g/mol. The number of halogens is 2. The molecular formula is C20H24Cl2N4O2S2. The van der Waals surface area contributed by atoms with Crippen LogP contribution < -0.4 is 10.0 Å². The van der Waals surface area contributed by atoms with Crippen molar-refractivity contribution in [2.24, 2.45) is 5.92 Å². The number of rotatable bonds is 7. The summed E-state index contributed by atoms with van der Waals surface area (Å²) in [5.74, 6) is -0.921. The molecule has 162 valence electrons. The van der Waals surface area contributed by atoms with E-state index in [1.807, 2.05) is 36.1 Å². The Balaban J connectivity index is 2.07. The molecule has 3 rings (SSSR count). The molecule has 0 fully saturated rings. The molecule has 1 aromatic heterocycles. The van der Waals surface area contributed by atoms with Gasteiger partial charge in [-0.1, -0.05) is 54.9 Å². The largest absolute Gasteiger partial charge is 0.351 e. The van der Waals surface area contributed by atoms with Crippen molar-refractivity contribution >= 4 is 45.0 Å². The molecule has 0 aliphatic carbocycles. The molecule has 1 unspecified atom stereocenters. The highest BCUT2D eigenvalue weighted by Gasteiger charge is 2.44. The summed E-state index contributed by atoms with van der Waals surface area (Å²) in [7, 11) is -3.50. The number of hydrogen-bond acceptors (Lipinski definition) is 6. The average Bonchev–Trinajstić information content (AvgIpc) is 2.86. The smallest absolute Gasteiger partial charge is 0.212 e. The van der Waals surface area contributed by atoms with Crippen LogP contribution in [-0.2, 0) is 16.6 Å². The van der Waals surface area contributed by atoms with E-state index >= 15 is 0 Å². The first-order valence-electron chi connectivity index (χ1n) is 9.28. The fourth-order valence-electron chi connectivity index (χ4n) is 3.28.